The van der Waals surface area contributed by atoms with Gasteiger partial charge in [-0.3, -0.25) is 8.74 Å². The van der Waals surface area contributed by atoms with E-state index in [2.05, 4.69) is 14.2 Å². The van der Waals surface area contributed by atoms with Crippen LogP contribution in [0.25, 0.3) is 0 Å². The molecule has 0 radical (unpaired) electrons. The number of aromatic nitrogens is 2. The summed E-state index contributed by atoms with van der Waals surface area (Å²) < 4.78 is 29.0. The molecule has 1 amide bonds. The van der Waals surface area contributed by atoms with Gasteiger partial charge in [-0.25, -0.2) is 9.78 Å². The first kappa shape index (κ1) is 15.9. The number of carbonyl (C=O) groups excluding carboxylic acids is 1. The van der Waals surface area contributed by atoms with E-state index in [9.17, 15) is 9.00 Å². The van der Waals surface area contributed by atoms with Gasteiger partial charge in [-0.15, -0.1) is 0 Å². The molecule has 1 aliphatic heterocycles. The molecule has 118 valence electrons. The SMILES string of the molecule is CC(C)(C)OC(=O)N1CCc2nc(COS(=O)O)[nH]c2C1. The molecule has 0 bridgehead atoms. The van der Waals surface area contributed by atoms with Gasteiger partial charge in [-0.05, 0) is 20.8 Å². The van der Waals surface area contributed by atoms with Crippen molar-refractivity contribution in [1.82, 2.24) is 14.9 Å². The minimum absolute atomic E-state index is 0.0808. The summed E-state index contributed by atoms with van der Waals surface area (Å²) >= 11 is -2.32. The predicted octanol–water partition coefficient (Wildman–Crippen LogP) is 1.36. The average molecular weight is 317 g/mol. The van der Waals surface area contributed by atoms with Gasteiger partial charge >= 0.3 is 17.5 Å². The number of fused-ring (bicyclic) bond motifs is 1. The lowest BCUT2D eigenvalue weighted by Gasteiger charge is -2.29. The van der Waals surface area contributed by atoms with Crippen molar-refractivity contribution in [3.05, 3.63) is 17.2 Å². The Balaban J connectivity index is 2.00. The van der Waals surface area contributed by atoms with Crippen LogP contribution < -0.4 is 0 Å². The lowest BCUT2D eigenvalue weighted by atomic mass is 10.1. The standard InChI is InChI=1S/C12H19N3O5S/c1-12(2,3)20-11(16)15-5-4-8-9(6-15)14-10(13-8)7-19-21(17)18/h4-7H2,1-3H3,(H,13,14)(H,17,18). The number of nitrogens with one attached hydrogen (secondary N) is 1. The van der Waals surface area contributed by atoms with E-state index >= 15 is 0 Å². The maximum Gasteiger partial charge on any atom is 0.410 e. The number of carbonyl (C=O) groups is 1. The van der Waals surface area contributed by atoms with Crippen molar-refractivity contribution in [3.8, 4) is 0 Å². The van der Waals surface area contributed by atoms with Crippen LogP contribution in [0.15, 0.2) is 0 Å². The van der Waals surface area contributed by atoms with Crippen LogP contribution in [0, 0.1) is 0 Å². The third kappa shape index (κ3) is 4.51. The zero-order valence-electron chi connectivity index (χ0n) is 12.2. The van der Waals surface area contributed by atoms with Crippen LogP contribution in [-0.2, 0) is 39.9 Å². The highest BCUT2D eigenvalue weighted by atomic mass is 32.2. The van der Waals surface area contributed by atoms with Crippen LogP contribution in [-0.4, -0.2) is 41.9 Å². The van der Waals surface area contributed by atoms with Gasteiger partial charge in [0.2, 0.25) is 0 Å². The zero-order chi connectivity index (χ0) is 15.6. The average Bonchev–Trinajstić information content (AvgIpc) is 2.75. The van der Waals surface area contributed by atoms with Gasteiger partial charge in [0.25, 0.3) is 0 Å². The monoisotopic (exact) mass is 317 g/mol. The third-order valence-electron chi connectivity index (χ3n) is 2.83. The second-order valence-electron chi connectivity index (χ2n) is 5.74. The molecule has 1 aliphatic rings. The second kappa shape index (κ2) is 6.12. The van der Waals surface area contributed by atoms with Gasteiger partial charge in [-0.1, -0.05) is 0 Å². The summed E-state index contributed by atoms with van der Waals surface area (Å²) in [7, 11) is 0. The molecule has 2 heterocycles. The fraction of sp³-hybridized carbons (Fsp3) is 0.667. The molecule has 0 saturated carbocycles. The molecular formula is C12H19N3O5S. The normalized spacial score (nSPS) is 16.5. The fourth-order valence-corrected chi connectivity index (χ4v) is 2.22. The number of amides is 1. The first-order valence-corrected chi connectivity index (χ1v) is 7.56. The van der Waals surface area contributed by atoms with E-state index < -0.39 is 17.0 Å². The van der Waals surface area contributed by atoms with Gasteiger partial charge < -0.3 is 14.6 Å². The van der Waals surface area contributed by atoms with Crippen molar-refractivity contribution in [2.45, 2.75) is 45.9 Å². The molecule has 0 spiro atoms. The maximum atomic E-state index is 12.0. The molecule has 1 aromatic heterocycles. The topological polar surface area (TPSA) is 105 Å². The lowest BCUT2D eigenvalue weighted by molar-refractivity contribution is 0.0221. The fourth-order valence-electron chi connectivity index (χ4n) is 2.01. The van der Waals surface area contributed by atoms with Gasteiger partial charge in [0.15, 0.2) is 0 Å². The van der Waals surface area contributed by atoms with Crippen LogP contribution in [0.5, 0.6) is 0 Å². The number of rotatable bonds is 3. The van der Waals surface area contributed by atoms with Crippen molar-refractivity contribution in [2.75, 3.05) is 6.54 Å². The van der Waals surface area contributed by atoms with Crippen LogP contribution in [0.4, 0.5) is 4.79 Å². The Morgan fingerprint density at radius 3 is 2.86 bits per heavy atom. The lowest BCUT2D eigenvalue weighted by Crippen LogP contribution is -2.39. The molecule has 8 nitrogen and oxygen atoms in total. The molecule has 1 unspecified atom stereocenters. The van der Waals surface area contributed by atoms with E-state index in [0.29, 0.717) is 25.3 Å². The molecule has 1 aromatic rings. The van der Waals surface area contributed by atoms with E-state index in [4.69, 9.17) is 9.29 Å². The Kier molecular flexibility index (Phi) is 4.64. The minimum Gasteiger partial charge on any atom is -0.444 e. The smallest absolute Gasteiger partial charge is 0.410 e. The highest BCUT2D eigenvalue weighted by Gasteiger charge is 2.27. The second-order valence-corrected chi connectivity index (χ2v) is 6.41. The van der Waals surface area contributed by atoms with E-state index in [1.165, 1.54) is 0 Å². The summed E-state index contributed by atoms with van der Waals surface area (Å²) in [6.45, 7) is 6.28. The summed E-state index contributed by atoms with van der Waals surface area (Å²) in [5.74, 6) is 0.466. The molecule has 0 fully saturated rings. The van der Waals surface area contributed by atoms with E-state index in [-0.39, 0.29) is 12.7 Å². The number of ether oxygens (including phenoxy) is 1. The van der Waals surface area contributed by atoms with Crippen molar-refractivity contribution in [1.29, 1.82) is 0 Å². The van der Waals surface area contributed by atoms with Gasteiger partial charge in [0, 0.05) is 13.0 Å². The molecule has 0 saturated heterocycles. The molecule has 0 aromatic carbocycles. The zero-order valence-corrected chi connectivity index (χ0v) is 13.0. The summed E-state index contributed by atoms with van der Waals surface area (Å²) in [5, 5.41) is 0. The molecular weight excluding hydrogens is 298 g/mol. The van der Waals surface area contributed by atoms with Gasteiger partial charge in [-0.2, -0.15) is 4.21 Å². The maximum absolute atomic E-state index is 12.0. The Morgan fingerprint density at radius 2 is 2.24 bits per heavy atom. The van der Waals surface area contributed by atoms with Crippen molar-refractivity contribution >= 4 is 17.5 Å². The number of H-pyrrole nitrogens is 1. The summed E-state index contributed by atoms with van der Waals surface area (Å²) in [4.78, 5) is 20.9. The Morgan fingerprint density at radius 1 is 1.52 bits per heavy atom. The Bertz CT molecular complexity index is 552. The van der Waals surface area contributed by atoms with Crippen LogP contribution in [0.2, 0.25) is 0 Å². The minimum atomic E-state index is -2.32. The quantitative estimate of drug-likeness (QED) is 0.816. The molecule has 21 heavy (non-hydrogen) atoms. The first-order valence-electron chi connectivity index (χ1n) is 6.53. The first-order chi connectivity index (χ1) is 9.74. The number of aromatic amines is 1. The Labute approximate surface area is 125 Å². The van der Waals surface area contributed by atoms with Gasteiger partial charge in [0.1, 0.15) is 18.0 Å². The highest BCUT2D eigenvalue weighted by Crippen LogP contribution is 2.19. The summed E-state index contributed by atoms with van der Waals surface area (Å²) in [6.07, 6.45) is 0.241. The van der Waals surface area contributed by atoms with Crippen molar-refractivity contribution in [2.24, 2.45) is 0 Å². The third-order valence-corrected chi connectivity index (χ3v) is 3.15. The molecule has 1 atom stereocenters. The number of hydrogen-bond acceptors (Lipinski definition) is 5. The molecule has 2 rings (SSSR count). The number of nitrogens with zero attached hydrogens (tertiary/aromatic N) is 2. The highest BCUT2D eigenvalue weighted by molar-refractivity contribution is 7.74. The molecule has 2 N–H and O–H groups in total. The van der Waals surface area contributed by atoms with Crippen LogP contribution in [0.1, 0.15) is 38.0 Å². The van der Waals surface area contributed by atoms with E-state index in [1.807, 2.05) is 20.8 Å². The van der Waals surface area contributed by atoms with Gasteiger partial charge in [0.05, 0.1) is 17.9 Å². The number of imidazole rings is 1. The summed E-state index contributed by atoms with van der Waals surface area (Å²) in [5.41, 5.74) is 1.11. The van der Waals surface area contributed by atoms with E-state index in [0.717, 1.165) is 11.4 Å². The van der Waals surface area contributed by atoms with E-state index in [1.54, 1.807) is 4.90 Å². The number of hydrogen-bond donors (Lipinski definition) is 2. The predicted molar refractivity (Wildman–Crippen MR) is 74.5 cm³/mol. The van der Waals surface area contributed by atoms with Crippen LogP contribution in [0.3, 0.4) is 0 Å². The van der Waals surface area contributed by atoms with Crippen LogP contribution >= 0.6 is 0 Å². The van der Waals surface area contributed by atoms with Crippen molar-refractivity contribution < 1.29 is 22.5 Å². The van der Waals surface area contributed by atoms with Crippen molar-refractivity contribution in [3.63, 3.8) is 0 Å². The molecule has 9 heteroatoms. The Hall–Kier alpha value is -1.45. The molecule has 0 aliphatic carbocycles. The summed E-state index contributed by atoms with van der Waals surface area (Å²) in [6, 6.07) is 0. The largest absolute Gasteiger partial charge is 0.444 e.